The minimum atomic E-state index is -2.02. The van der Waals surface area contributed by atoms with E-state index >= 15 is 0 Å². The average Bonchev–Trinajstić information content (AvgIpc) is 2.69. The lowest BCUT2D eigenvalue weighted by atomic mass is 10.2. The van der Waals surface area contributed by atoms with Gasteiger partial charge in [0.2, 0.25) is 0 Å². The third-order valence-electron chi connectivity index (χ3n) is 5.54. The third kappa shape index (κ3) is 7.93. The molecule has 2 aromatic carbocycles. The van der Waals surface area contributed by atoms with E-state index in [0.29, 0.717) is 27.4 Å². The topological polar surface area (TPSA) is 47.9 Å². The van der Waals surface area contributed by atoms with Gasteiger partial charge < -0.3 is 19.0 Å². The maximum atomic E-state index is 10.8. The molecule has 2 rings (SSSR count). The number of hydrogen-bond donors (Lipinski definition) is 1. The third-order valence-corrected chi connectivity index (χ3v) is 11.1. The number of rotatable bonds is 10. The summed E-state index contributed by atoms with van der Waals surface area (Å²) >= 11 is 18.2. The number of benzene rings is 2. The van der Waals surface area contributed by atoms with Gasteiger partial charge in [-0.05, 0) is 29.8 Å². The highest BCUT2D eigenvalue weighted by molar-refractivity contribution is 6.74. The molecule has 8 heteroatoms. The number of aliphatic hydroxyl groups excluding tert-OH is 1. The monoisotopic (exact) mass is 504 g/mol. The Morgan fingerprint density at radius 2 is 1.55 bits per heavy atom. The fourth-order valence-corrected chi connectivity index (χ4v) is 4.06. The molecule has 172 valence electrons. The van der Waals surface area contributed by atoms with Crippen LogP contribution in [0.15, 0.2) is 42.5 Å². The summed E-state index contributed by atoms with van der Waals surface area (Å²) in [5.74, 6) is 0.349. The molecule has 0 unspecified atom stereocenters. The molecule has 0 fully saturated rings. The van der Waals surface area contributed by atoms with Gasteiger partial charge in [-0.25, -0.2) is 0 Å². The van der Waals surface area contributed by atoms with Crippen molar-refractivity contribution in [3.8, 4) is 5.75 Å². The van der Waals surface area contributed by atoms with E-state index in [-0.39, 0.29) is 18.3 Å². The molecular formula is C23H31Cl3O4Si. The predicted molar refractivity (Wildman–Crippen MR) is 131 cm³/mol. The van der Waals surface area contributed by atoms with Gasteiger partial charge in [0.1, 0.15) is 24.6 Å². The summed E-state index contributed by atoms with van der Waals surface area (Å²) in [5, 5.41) is 11.9. The summed E-state index contributed by atoms with van der Waals surface area (Å²) in [7, 11) is -2.02. The normalized spacial score (nSPS) is 14.4. The zero-order chi connectivity index (χ0) is 23.2. The van der Waals surface area contributed by atoms with Gasteiger partial charge in [-0.2, -0.15) is 0 Å². The Balaban J connectivity index is 2.07. The summed E-state index contributed by atoms with van der Waals surface area (Å²) in [4.78, 5) is 0. The van der Waals surface area contributed by atoms with Crippen molar-refractivity contribution in [2.45, 2.75) is 57.7 Å². The molecule has 0 spiro atoms. The Kier molecular flexibility index (Phi) is 9.71. The van der Waals surface area contributed by atoms with E-state index in [1.54, 1.807) is 0 Å². The van der Waals surface area contributed by atoms with Crippen LogP contribution in [0.1, 0.15) is 26.3 Å². The second kappa shape index (κ2) is 11.4. The molecule has 2 aromatic rings. The first kappa shape index (κ1) is 26.5. The molecule has 0 aromatic heterocycles. The van der Waals surface area contributed by atoms with Gasteiger partial charge in [0.25, 0.3) is 0 Å². The molecule has 0 bridgehead atoms. The Morgan fingerprint density at radius 1 is 0.935 bits per heavy atom. The molecule has 0 aliphatic heterocycles. The van der Waals surface area contributed by atoms with Crippen LogP contribution in [0.2, 0.25) is 33.2 Å². The lowest BCUT2D eigenvalue weighted by molar-refractivity contribution is -0.0804. The van der Waals surface area contributed by atoms with Crippen molar-refractivity contribution >= 4 is 43.1 Å². The Hall–Kier alpha value is -0.793. The van der Waals surface area contributed by atoms with E-state index in [4.69, 9.17) is 48.7 Å². The first-order valence-corrected chi connectivity index (χ1v) is 14.2. The molecular weight excluding hydrogens is 475 g/mol. The molecule has 2 atom stereocenters. The predicted octanol–water partition coefficient (Wildman–Crippen LogP) is 6.99. The minimum absolute atomic E-state index is 0.0298. The smallest absolute Gasteiger partial charge is 0.192 e. The van der Waals surface area contributed by atoms with E-state index in [9.17, 15) is 5.11 Å². The van der Waals surface area contributed by atoms with Crippen molar-refractivity contribution in [1.29, 1.82) is 0 Å². The molecule has 1 N–H and O–H groups in total. The SMILES string of the molecule is CC(C)(C)[Si](C)(C)OC[C@H](OCc1ccccc1)[C@H](O)COc1cc(Cl)c(Cl)cc1Cl. The minimum Gasteiger partial charge on any atom is -0.489 e. The molecule has 4 nitrogen and oxygen atoms in total. The zero-order valence-electron chi connectivity index (χ0n) is 18.6. The van der Waals surface area contributed by atoms with Gasteiger partial charge in [-0.3, -0.25) is 0 Å². The maximum Gasteiger partial charge on any atom is 0.192 e. The summed E-state index contributed by atoms with van der Waals surface area (Å²) in [6.45, 7) is 11.4. The zero-order valence-corrected chi connectivity index (χ0v) is 21.9. The average molecular weight is 506 g/mol. The number of halogens is 3. The fraction of sp³-hybridized carbons (Fsp3) is 0.478. The van der Waals surface area contributed by atoms with Crippen LogP contribution in [0.25, 0.3) is 0 Å². The van der Waals surface area contributed by atoms with E-state index in [0.717, 1.165) is 5.56 Å². The van der Waals surface area contributed by atoms with Crippen LogP contribution < -0.4 is 4.74 Å². The van der Waals surface area contributed by atoms with E-state index < -0.39 is 20.5 Å². The van der Waals surface area contributed by atoms with Crippen molar-refractivity contribution in [3.05, 3.63) is 63.1 Å². The highest BCUT2D eigenvalue weighted by Crippen LogP contribution is 2.37. The fourth-order valence-electron chi connectivity index (χ4n) is 2.45. The van der Waals surface area contributed by atoms with Crippen molar-refractivity contribution in [2.24, 2.45) is 0 Å². The molecule has 0 saturated heterocycles. The van der Waals surface area contributed by atoms with E-state index in [1.165, 1.54) is 12.1 Å². The summed E-state index contributed by atoms with van der Waals surface area (Å²) in [6.07, 6.45) is -1.50. The van der Waals surface area contributed by atoms with Gasteiger partial charge >= 0.3 is 0 Å². The Labute approximate surface area is 201 Å². The van der Waals surface area contributed by atoms with Crippen LogP contribution >= 0.6 is 34.8 Å². The van der Waals surface area contributed by atoms with Gasteiger partial charge in [0.05, 0.1) is 28.3 Å². The highest BCUT2D eigenvalue weighted by Gasteiger charge is 2.38. The number of aliphatic hydroxyl groups is 1. The van der Waals surface area contributed by atoms with Crippen molar-refractivity contribution in [2.75, 3.05) is 13.2 Å². The van der Waals surface area contributed by atoms with Crippen LogP contribution in [0.5, 0.6) is 5.75 Å². The summed E-state index contributed by atoms with van der Waals surface area (Å²) in [5.41, 5.74) is 1.01. The lowest BCUT2D eigenvalue weighted by Crippen LogP contribution is -2.46. The van der Waals surface area contributed by atoms with Crippen molar-refractivity contribution in [3.63, 3.8) is 0 Å². The first-order chi connectivity index (χ1) is 14.4. The van der Waals surface area contributed by atoms with Crippen LogP contribution in [-0.4, -0.2) is 38.8 Å². The van der Waals surface area contributed by atoms with Gasteiger partial charge in [0.15, 0.2) is 8.32 Å². The van der Waals surface area contributed by atoms with Crippen LogP contribution in [0, 0.1) is 0 Å². The highest BCUT2D eigenvalue weighted by atomic mass is 35.5. The Morgan fingerprint density at radius 3 is 2.16 bits per heavy atom. The van der Waals surface area contributed by atoms with Gasteiger partial charge in [0, 0.05) is 6.07 Å². The number of ether oxygens (including phenoxy) is 2. The summed E-state index contributed by atoms with van der Waals surface area (Å²) < 4.78 is 18.1. The second-order valence-corrected chi connectivity index (χ2v) is 15.0. The summed E-state index contributed by atoms with van der Waals surface area (Å²) in [6, 6.07) is 12.8. The standard InChI is InChI=1S/C23H31Cl3O4Si/c1-23(2,3)31(4,5)30-15-22(28-13-16-9-7-6-8-10-16)20(27)14-29-21-12-18(25)17(24)11-19(21)26/h6-12,20,22,27H,13-15H2,1-5H3/t20-,22+/m1/s1. The Bertz CT molecular complexity index is 841. The van der Waals surface area contributed by atoms with Crippen LogP contribution in [0.3, 0.4) is 0 Å². The van der Waals surface area contributed by atoms with E-state index in [1.807, 2.05) is 30.3 Å². The molecule has 0 aliphatic carbocycles. The molecule has 0 aliphatic rings. The number of hydrogen-bond acceptors (Lipinski definition) is 4. The lowest BCUT2D eigenvalue weighted by Gasteiger charge is -2.37. The largest absolute Gasteiger partial charge is 0.489 e. The molecule has 0 radical (unpaired) electrons. The quantitative estimate of drug-likeness (QED) is 0.279. The first-order valence-electron chi connectivity index (χ1n) is 10.2. The van der Waals surface area contributed by atoms with Crippen molar-refractivity contribution in [1.82, 2.24) is 0 Å². The second-order valence-electron chi connectivity index (χ2n) is 8.98. The van der Waals surface area contributed by atoms with E-state index in [2.05, 4.69) is 33.9 Å². The van der Waals surface area contributed by atoms with Crippen LogP contribution in [0.4, 0.5) is 0 Å². The molecule has 31 heavy (non-hydrogen) atoms. The van der Waals surface area contributed by atoms with Crippen LogP contribution in [-0.2, 0) is 15.8 Å². The molecule has 0 amide bonds. The van der Waals surface area contributed by atoms with Gasteiger partial charge in [-0.15, -0.1) is 0 Å². The van der Waals surface area contributed by atoms with Crippen molar-refractivity contribution < 1.29 is 19.0 Å². The van der Waals surface area contributed by atoms with Gasteiger partial charge in [-0.1, -0.05) is 85.9 Å². The molecule has 0 heterocycles. The maximum absolute atomic E-state index is 10.8. The molecule has 0 saturated carbocycles.